The summed E-state index contributed by atoms with van der Waals surface area (Å²) in [6.07, 6.45) is -4.25. The van der Waals surface area contributed by atoms with Crippen molar-refractivity contribution in [3.8, 4) is 0 Å². The molecule has 0 atom stereocenters. The van der Waals surface area contributed by atoms with Crippen molar-refractivity contribution in [2.75, 3.05) is 0 Å². The minimum Gasteiger partial charge on any atom is -0.352 e. The molecule has 1 amide bonds. The Morgan fingerprint density at radius 1 is 1.17 bits per heavy atom. The Morgan fingerprint density at radius 3 is 2.55 bits per heavy atom. The van der Waals surface area contributed by atoms with Gasteiger partial charge in [-0.3, -0.25) is 4.79 Å². The summed E-state index contributed by atoms with van der Waals surface area (Å²) >= 11 is 0. The second kappa shape index (κ2) is 7.76. The van der Waals surface area contributed by atoms with Gasteiger partial charge in [-0.15, -0.1) is 5.10 Å². The molecule has 154 valence electrons. The lowest BCUT2D eigenvalue weighted by molar-refractivity contribution is -0.144. The van der Waals surface area contributed by atoms with Gasteiger partial charge < -0.3 is 5.32 Å². The summed E-state index contributed by atoms with van der Waals surface area (Å²) in [7, 11) is 0. The zero-order chi connectivity index (χ0) is 21.3. The Kier molecular flexibility index (Phi) is 5.54. The number of aromatic nitrogens is 4. The van der Waals surface area contributed by atoms with E-state index in [1.807, 2.05) is 0 Å². The van der Waals surface area contributed by atoms with Crippen molar-refractivity contribution in [1.82, 2.24) is 24.9 Å². The topological polar surface area (TPSA) is 72.2 Å². The zero-order valence-electron chi connectivity index (χ0n) is 16.1. The van der Waals surface area contributed by atoms with Gasteiger partial charge in [-0.05, 0) is 49.9 Å². The number of fused-ring (bicyclic) bond motifs is 1. The van der Waals surface area contributed by atoms with E-state index in [-0.39, 0.29) is 36.9 Å². The number of benzene rings is 1. The van der Waals surface area contributed by atoms with Gasteiger partial charge in [-0.1, -0.05) is 12.1 Å². The van der Waals surface area contributed by atoms with Crippen molar-refractivity contribution in [3.05, 3.63) is 57.9 Å². The Morgan fingerprint density at radius 2 is 1.90 bits per heavy atom. The molecule has 0 radical (unpaired) electrons. The number of nitrogens with zero attached hydrogens (tertiary/aromatic N) is 4. The minimum atomic E-state index is -4.66. The van der Waals surface area contributed by atoms with E-state index >= 15 is 0 Å². The summed E-state index contributed by atoms with van der Waals surface area (Å²) in [6.45, 7) is 5.17. The van der Waals surface area contributed by atoms with Crippen LogP contribution >= 0.6 is 0 Å². The minimum absolute atomic E-state index is 0.121. The molecule has 10 heteroatoms. The third-order valence-electron chi connectivity index (χ3n) is 4.62. The molecule has 0 spiro atoms. The first kappa shape index (κ1) is 20.7. The molecule has 0 saturated heterocycles. The molecule has 0 aliphatic heterocycles. The van der Waals surface area contributed by atoms with E-state index in [1.165, 1.54) is 6.07 Å². The van der Waals surface area contributed by atoms with Gasteiger partial charge in [-0.2, -0.15) is 18.2 Å². The van der Waals surface area contributed by atoms with Crippen molar-refractivity contribution >= 4 is 11.7 Å². The molecule has 2 heterocycles. The average Bonchev–Trinajstić information content (AvgIpc) is 3.07. The number of aryl methyl sites for hydroxylation is 3. The number of alkyl halides is 3. The first-order valence-corrected chi connectivity index (χ1v) is 8.88. The van der Waals surface area contributed by atoms with Gasteiger partial charge in [0.1, 0.15) is 5.82 Å². The van der Waals surface area contributed by atoms with Gasteiger partial charge in [0, 0.05) is 24.4 Å². The fourth-order valence-corrected chi connectivity index (χ4v) is 3.03. The highest BCUT2D eigenvalue weighted by Crippen LogP contribution is 2.27. The van der Waals surface area contributed by atoms with E-state index in [2.05, 4.69) is 20.4 Å². The van der Waals surface area contributed by atoms with Crippen LogP contribution in [0, 0.1) is 26.6 Å². The first-order valence-electron chi connectivity index (χ1n) is 8.88. The summed E-state index contributed by atoms with van der Waals surface area (Å²) in [5.74, 6) is -1.93. The van der Waals surface area contributed by atoms with Crippen LogP contribution < -0.4 is 5.32 Å². The van der Waals surface area contributed by atoms with Gasteiger partial charge in [0.05, 0.1) is 0 Å². The number of halogens is 4. The maximum atomic E-state index is 13.3. The lowest BCUT2D eigenvalue weighted by Crippen LogP contribution is -2.23. The molecule has 6 nitrogen and oxygen atoms in total. The third kappa shape index (κ3) is 4.52. The van der Waals surface area contributed by atoms with Crippen molar-refractivity contribution in [1.29, 1.82) is 0 Å². The first-order chi connectivity index (χ1) is 13.6. The van der Waals surface area contributed by atoms with Crippen LogP contribution in [0.2, 0.25) is 0 Å². The molecule has 0 saturated carbocycles. The van der Waals surface area contributed by atoms with Gasteiger partial charge in [0.2, 0.25) is 5.91 Å². The van der Waals surface area contributed by atoms with Gasteiger partial charge in [0.25, 0.3) is 11.6 Å². The number of hydrogen-bond acceptors (Lipinski definition) is 4. The van der Waals surface area contributed by atoms with Crippen LogP contribution in [0.4, 0.5) is 17.6 Å². The Bertz CT molecular complexity index is 1070. The molecule has 2 aromatic heterocycles. The van der Waals surface area contributed by atoms with Gasteiger partial charge in [-0.25, -0.2) is 13.9 Å². The number of amides is 1. The molecule has 1 N–H and O–H groups in total. The summed E-state index contributed by atoms with van der Waals surface area (Å²) in [5, 5.41) is 6.24. The molecular weight excluding hydrogens is 390 g/mol. The SMILES string of the molecule is Cc1cc(CNC(=O)CCc2c(C)nc3nc(C(F)(F)F)nn3c2C)ccc1F. The van der Waals surface area contributed by atoms with E-state index in [0.29, 0.717) is 22.5 Å². The fraction of sp³-hybridized carbons (Fsp3) is 0.368. The predicted molar refractivity (Wildman–Crippen MR) is 96.6 cm³/mol. The number of rotatable bonds is 5. The standard InChI is InChI=1S/C19H19F4N5O/c1-10-8-13(4-6-15(10)20)9-24-16(29)7-5-14-11(2)25-18-26-17(19(21,22)23)27-28(18)12(14)3/h4,6,8H,5,7,9H2,1-3H3,(H,24,29). The molecule has 0 aliphatic rings. The van der Waals surface area contributed by atoms with E-state index < -0.39 is 12.0 Å². The smallest absolute Gasteiger partial charge is 0.352 e. The van der Waals surface area contributed by atoms with Crippen LogP contribution in [-0.2, 0) is 23.9 Å². The molecule has 29 heavy (non-hydrogen) atoms. The van der Waals surface area contributed by atoms with Gasteiger partial charge in [0.15, 0.2) is 0 Å². The monoisotopic (exact) mass is 409 g/mol. The van der Waals surface area contributed by atoms with Crippen molar-refractivity contribution in [2.24, 2.45) is 0 Å². The van der Waals surface area contributed by atoms with Crippen LogP contribution in [0.25, 0.3) is 5.78 Å². The normalized spacial score (nSPS) is 11.8. The van der Waals surface area contributed by atoms with Crippen LogP contribution in [0.15, 0.2) is 18.2 Å². The molecule has 1 aromatic carbocycles. The third-order valence-corrected chi connectivity index (χ3v) is 4.62. The molecule has 0 unspecified atom stereocenters. The summed E-state index contributed by atoms with van der Waals surface area (Å²) < 4.78 is 52.9. The highest BCUT2D eigenvalue weighted by atomic mass is 19.4. The maximum Gasteiger partial charge on any atom is 0.453 e. The molecule has 3 aromatic rings. The van der Waals surface area contributed by atoms with Gasteiger partial charge >= 0.3 is 6.18 Å². The highest BCUT2D eigenvalue weighted by Gasteiger charge is 2.36. The second-order valence-corrected chi connectivity index (χ2v) is 6.77. The molecular formula is C19H19F4N5O. The summed E-state index contributed by atoms with van der Waals surface area (Å²) in [4.78, 5) is 19.7. The average molecular weight is 409 g/mol. The van der Waals surface area contributed by atoms with Crippen molar-refractivity contribution in [3.63, 3.8) is 0 Å². The van der Waals surface area contributed by atoms with E-state index in [0.717, 1.165) is 10.1 Å². The molecule has 0 bridgehead atoms. The summed E-state index contributed by atoms with van der Waals surface area (Å²) in [6, 6.07) is 4.60. The number of nitrogens with one attached hydrogen (secondary N) is 1. The largest absolute Gasteiger partial charge is 0.453 e. The highest BCUT2D eigenvalue weighted by molar-refractivity contribution is 5.76. The number of carbonyl (C=O) groups excluding carboxylic acids is 1. The quantitative estimate of drug-likeness (QED) is 0.655. The van der Waals surface area contributed by atoms with Crippen LogP contribution in [0.3, 0.4) is 0 Å². The van der Waals surface area contributed by atoms with Crippen LogP contribution in [-0.4, -0.2) is 25.5 Å². The molecule has 0 aliphatic carbocycles. The lowest BCUT2D eigenvalue weighted by atomic mass is 10.1. The Labute approximate surface area is 164 Å². The zero-order valence-corrected chi connectivity index (χ0v) is 16.1. The van der Waals surface area contributed by atoms with Crippen LogP contribution in [0.5, 0.6) is 0 Å². The fourth-order valence-electron chi connectivity index (χ4n) is 3.03. The Hall–Kier alpha value is -3.04. The predicted octanol–water partition coefficient (Wildman–Crippen LogP) is 3.46. The Balaban J connectivity index is 1.69. The number of hydrogen-bond donors (Lipinski definition) is 1. The summed E-state index contributed by atoms with van der Waals surface area (Å²) in [5.41, 5.74) is 2.86. The molecule has 3 rings (SSSR count). The van der Waals surface area contributed by atoms with E-state index in [1.54, 1.807) is 32.9 Å². The molecule has 0 fully saturated rings. The number of carbonyl (C=O) groups is 1. The van der Waals surface area contributed by atoms with E-state index in [4.69, 9.17) is 0 Å². The van der Waals surface area contributed by atoms with Crippen molar-refractivity contribution < 1.29 is 22.4 Å². The van der Waals surface area contributed by atoms with E-state index in [9.17, 15) is 22.4 Å². The van der Waals surface area contributed by atoms with Crippen LogP contribution in [0.1, 0.15) is 40.3 Å². The maximum absolute atomic E-state index is 13.3. The lowest BCUT2D eigenvalue weighted by Gasteiger charge is -2.11. The van der Waals surface area contributed by atoms with Crippen molar-refractivity contribution in [2.45, 2.75) is 46.3 Å². The second-order valence-electron chi connectivity index (χ2n) is 6.77.